The monoisotopic (exact) mass is 389 g/mol. The first-order valence-electron chi connectivity index (χ1n) is 7.30. The van der Waals surface area contributed by atoms with E-state index in [-0.39, 0.29) is 29.2 Å². The van der Waals surface area contributed by atoms with Crippen LogP contribution in [0, 0.1) is 5.82 Å². The Morgan fingerprint density at radius 2 is 1.92 bits per heavy atom. The molecule has 1 aromatic carbocycles. The molecule has 0 atom stereocenters. The highest BCUT2D eigenvalue weighted by Crippen LogP contribution is 2.24. The van der Waals surface area contributed by atoms with Gasteiger partial charge in [0.25, 0.3) is 0 Å². The van der Waals surface area contributed by atoms with Crippen LogP contribution in [0.2, 0.25) is 0 Å². The van der Waals surface area contributed by atoms with E-state index in [1.165, 1.54) is 22.6 Å². The summed E-state index contributed by atoms with van der Waals surface area (Å²) in [4.78, 5) is 24.9. The summed E-state index contributed by atoms with van der Waals surface area (Å²) < 4.78 is 21.4. The molecular formula is C18H13BrFNO3. The number of rotatable bonds is 4. The van der Waals surface area contributed by atoms with E-state index in [0.717, 1.165) is 4.47 Å². The van der Waals surface area contributed by atoms with E-state index in [0.29, 0.717) is 5.56 Å². The van der Waals surface area contributed by atoms with Crippen molar-refractivity contribution in [2.75, 3.05) is 6.61 Å². The quantitative estimate of drug-likeness (QED) is 0.495. The molecule has 0 radical (unpaired) electrons. The van der Waals surface area contributed by atoms with Gasteiger partial charge in [0.15, 0.2) is 0 Å². The zero-order valence-corrected chi connectivity index (χ0v) is 14.3. The fraction of sp³-hybridized carbons (Fsp3) is 0.111. The molecule has 0 aliphatic carbocycles. The van der Waals surface area contributed by atoms with E-state index < -0.39 is 11.8 Å². The standard InChI is InChI=1S/C18H13BrFNO3/c1-2-24-18(23)13-10-15(21-9-3-4-14(20)16(13)21)17(22)11-5-7-12(19)8-6-11/h3-10H,2H2,1H3. The van der Waals surface area contributed by atoms with E-state index in [1.54, 1.807) is 37.4 Å². The minimum atomic E-state index is -0.657. The van der Waals surface area contributed by atoms with Crippen molar-refractivity contribution in [3.63, 3.8) is 0 Å². The van der Waals surface area contributed by atoms with Gasteiger partial charge in [0, 0.05) is 16.2 Å². The van der Waals surface area contributed by atoms with Crippen LogP contribution in [0.1, 0.15) is 33.3 Å². The number of hydrogen-bond donors (Lipinski definition) is 0. The maximum Gasteiger partial charge on any atom is 0.340 e. The van der Waals surface area contributed by atoms with Crippen molar-refractivity contribution in [3.8, 4) is 0 Å². The van der Waals surface area contributed by atoms with Crippen LogP contribution in [-0.4, -0.2) is 22.8 Å². The Morgan fingerprint density at radius 3 is 2.58 bits per heavy atom. The molecule has 0 spiro atoms. The zero-order valence-electron chi connectivity index (χ0n) is 12.8. The average Bonchev–Trinajstić information content (AvgIpc) is 2.96. The molecular weight excluding hydrogens is 377 g/mol. The summed E-state index contributed by atoms with van der Waals surface area (Å²) in [6.45, 7) is 1.83. The molecule has 0 N–H and O–H groups in total. The minimum absolute atomic E-state index is 0.0374. The topological polar surface area (TPSA) is 47.8 Å². The highest BCUT2D eigenvalue weighted by atomic mass is 79.9. The molecule has 3 aromatic rings. The number of ketones is 1. The fourth-order valence-corrected chi connectivity index (χ4v) is 2.77. The molecule has 3 rings (SSSR count). The van der Waals surface area contributed by atoms with Gasteiger partial charge in [-0.2, -0.15) is 0 Å². The lowest BCUT2D eigenvalue weighted by Gasteiger charge is -2.04. The summed E-state index contributed by atoms with van der Waals surface area (Å²) in [5.74, 6) is -1.55. The van der Waals surface area contributed by atoms with Gasteiger partial charge in [0.2, 0.25) is 5.78 Å². The third kappa shape index (κ3) is 2.85. The van der Waals surface area contributed by atoms with Crippen molar-refractivity contribution in [2.45, 2.75) is 6.92 Å². The van der Waals surface area contributed by atoms with Gasteiger partial charge in [0.1, 0.15) is 5.82 Å². The Hall–Kier alpha value is -2.47. The Bertz CT molecular complexity index is 931. The summed E-state index contributed by atoms with van der Waals surface area (Å²) in [5, 5.41) is 0. The summed E-state index contributed by atoms with van der Waals surface area (Å²) in [6.07, 6.45) is 1.55. The van der Waals surface area contributed by atoms with Gasteiger partial charge in [-0.15, -0.1) is 0 Å². The molecule has 2 aromatic heterocycles. The molecule has 6 heteroatoms. The molecule has 0 fully saturated rings. The number of halogens is 2. The molecule has 0 saturated heterocycles. The molecule has 122 valence electrons. The second-order valence-corrected chi connectivity index (χ2v) is 5.99. The van der Waals surface area contributed by atoms with Crippen molar-refractivity contribution in [1.82, 2.24) is 4.40 Å². The number of carbonyl (C=O) groups is 2. The van der Waals surface area contributed by atoms with Crippen molar-refractivity contribution in [1.29, 1.82) is 0 Å². The smallest absolute Gasteiger partial charge is 0.340 e. The predicted molar refractivity (Wildman–Crippen MR) is 90.9 cm³/mol. The number of fused-ring (bicyclic) bond motifs is 1. The van der Waals surface area contributed by atoms with Crippen LogP contribution in [0.25, 0.3) is 5.52 Å². The molecule has 4 nitrogen and oxygen atoms in total. The predicted octanol–water partition coefficient (Wildman–Crippen LogP) is 4.25. The van der Waals surface area contributed by atoms with Crippen molar-refractivity contribution < 1.29 is 18.7 Å². The SMILES string of the molecule is CCOC(=O)c1cc(C(=O)c2ccc(Br)cc2)n2cccc(F)c12. The first-order chi connectivity index (χ1) is 11.5. The van der Waals surface area contributed by atoms with E-state index in [2.05, 4.69) is 15.9 Å². The van der Waals surface area contributed by atoms with Gasteiger partial charge >= 0.3 is 5.97 Å². The van der Waals surface area contributed by atoms with Gasteiger partial charge in [0.05, 0.1) is 23.4 Å². The molecule has 0 amide bonds. The first-order valence-corrected chi connectivity index (χ1v) is 8.09. The number of esters is 1. The number of ether oxygens (including phenoxy) is 1. The largest absolute Gasteiger partial charge is 0.462 e. The number of carbonyl (C=O) groups excluding carboxylic acids is 2. The fourth-order valence-electron chi connectivity index (χ4n) is 2.50. The zero-order chi connectivity index (χ0) is 17.3. The Morgan fingerprint density at radius 1 is 1.21 bits per heavy atom. The molecule has 0 saturated carbocycles. The van der Waals surface area contributed by atoms with Gasteiger partial charge in [-0.25, -0.2) is 9.18 Å². The molecule has 0 bridgehead atoms. The van der Waals surface area contributed by atoms with E-state index in [9.17, 15) is 14.0 Å². The third-order valence-corrected chi connectivity index (χ3v) is 4.10. The van der Waals surface area contributed by atoms with Gasteiger partial charge < -0.3 is 9.14 Å². The van der Waals surface area contributed by atoms with Crippen molar-refractivity contribution in [2.24, 2.45) is 0 Å². The number of benzene rings is 1. The van der Waals surface area contributed by atoms with Crippen LogP contribution >= 0.6 is 15.9 Å². The number of pyridine rings is 1. The van der Waals surface area contributed by atoms with Gasteiger partial charge in [-0.05, 0) is 49.4 Å². The first kappa shape index (κ1) is 16.4. The van der Waals surface area contributed by atoms with Crippen LogP contribution in [0.5, 0.6) is 0 Å². The lowest BCUT2D eigenvalue weighted by atomic mass is 10.1. The van der Waals surface area contributed by atoms with Crippen LogP contribution in [0.15, 0.2) is 53.1 Å². The molecule has 0 unspecified atom stereocenters. The maximum atomic E-state index is 14.2. The van der Waals surface area contributed by atoms with Crippen LogP contribution in [-0.2, 0) is 4.74 Å². The van der Waals surface area contributed by atoms with Crippen LogP contribution < -0.4 is 0 Å². The Labute approximate surface area is 146 Å². The summed E-state index contributed by atoms with van der Waals surface area (Å²) in [6, 6.07) is 10.9. The summed E-state index contributed by atoms with van der Waals surface area (Å²) in [5.41, 5.74) is 0.721. The lowest BCUT2D eigenvalue weighted by Crippen LogP contribution is -2.05. The number of nitrogens with zero attached hydrogens (tertiary/aromatic N) is 1. The van der Waals surface area contributed by atoms with Crippen LogP contribution in [0.4, 0.5) is 4.39 Å². The molecule has 0 aliphatic rings. The normalized spacial score (nSPS) is 10.8. The average molecular weight is 390 g/mol. The molecule has 0 aliphatic heterocycles. The van der Waals surface area contributed by atoms with E-state index in [1.807, 2.05) is 0 Å². The van der Waals surface area contributed by atoms with E-state index in [4.69, 9.17) is 4.74 Å². The van der Waals surface area contributed by atoms with Crippen molar-refractivity contribution in [3.05, 3.63) is 75.8 Å². The minimum Gasteiger partial charge on any atom is -0.462 e. The highest BCUT2D eigenvalue weighted by molar-refractivity contribution is 9.10. The summed E-state index contributed by atoms with van der Waals surface area (Å²) in [7, 11) is 0. The van der Waals surface area contributed by atoms with Crippen molar-refractivity contribution >= 4 is 33.2 Å². The van der Waals surface area contributed by atoms with Gasteiger partial charge in [-0.3, -0.25) is 4.79 Å². The number of hydrogen-bond acceptors (Lipinski definition) is 3. The molecule has 24 heavy (non-hydrogen) atoms. The Balaban J connectivity index is 2.18. The lowest BCUT2D eigenvalue weighted by molar-refractivity contribution is 0.0528. The van der Waals surface area contributed by atoms with E-state index >= 15 is 0 Å². The highest BCUT2D eigenvalue weighted by Gasteiger charge is 2.23. The van der Waals surface area contributed by atoms with Gasteiger partial charge in [-0.1, -0.05) is 15.9 Å². The second kappa shape index (κ2) is 6.57. The maximum absolute atomic E-state index is 14.2. The molecule has 2 heterocycles. The second-order valence-electron chi connectivity index (χ2n) is 5.07. The number of aromatic nitrogens is 1. The van der Waals surface area contributed by atoms with Crippen LogP contribution in [0.3, 0.4) is 0 Å². The Kier molecular flexibility index (Phi) is 4.49. The summed E-state index contributed by atoms with van der Waals surface area (Å²) >= 11 is 3.31. The third-order valence-electron chi connectivity index (χ3n) is 3.57.